The highest BCUT2D eigenvalue weighted by Gasteiger charge is 2.15. The highest BCUT2D eigenvalue weighted by atomic mass is 127. The van der Waals surface area contributed by atoms with E-state index in [1.54, 1.807) is 0 Å². The van der Waals surface area contributed by atoms with Gasteiger partial charge in [-0.2, -0.15) is 0 Å². The van der Waals surface area contributed by atoms with E-state index in [0.717, 1.165) is 38.6 Å². The van der Waals surface area contributed by atoms with Crippen molar-refractivity contribution in [1.82, 2.24) is 20.4 Å². The van der Waals surface area contributed by atoms with Crippen molar-refractivity contribution in [1.29, 1.82) is 0 Å². The zero-order valence-corrected chi connectivity index (χ0v) is 19.2. The van der Waals surface area contributed by atoms with Gasteiger partial charge in [-0.15, -0.1) is 24.0 Å². The third kappa shape index (κ3) is 9.71. The van der Waals surface area contributed by atoms with Crippen LogP contribution in [0.3, 0.4) is 0 Å². The number of likely N-dealkylation sites (N-methyl/N-ethyl adjacent to an activating group) is 1. The summed E-state index contributed by atoms with van der Waals surface area (Å²) >= 11 is 0. The molecule has 0 atom stereocenters. The number of hydrogen-bond donors (Lipinski definition) is 2. The van der Waals surface area contributed by atoms with E-state index >= 15 is 0 Å². The second-order valence-electron chi connectivity index (χ2n) is 7.19. The quantitative estimate of drug-likeness (QED) is 0.229. The summed E-state index contributed by atoms with van der Waals surface area (Å²) < 4.78 is 5.97. The van der Waals surface area contributed by atoms with E-state index in [2.05, 4.69) is 32.3 Å². The third-order valence-electron chi connectivity index (χ3n) is 5.38. The Labute approximate surface area is 177 Å². The number of aliphatic imine (C=N–C) groups is 1. The largest absolute Gasteiger partial charge is 0.378 e. The summed E-state index contributed by atoms with van der Waals surface area (Å²) in [5.74, 6) is 0.907. The number of nitrogens with one attached hydrogen (secondary N) is 2. The Hall–Kier alpha value is -0.120. The van der Waals surface area contributed by atoms with Gasteiger partial charge in [-0.1, -0.05) is 26.2 Å². The summed E-state index contributed by atoms with van der Waals surface area (Å²) in [6.45, 7) is 12.0. The summed E-state index contributed by atoms with van der Waals surface area (Å²) in [7, 11) is 1.84. The molecule has 1 saturated heterocycles. The van der Waals surface area contributed by atoms with Crippen LogP contribution in [0.2, 0.25) is 0 Å². The predicted octanol–water partition coefficient (Wildman–Crippen LogP) is 2.15. The van der Waals surface area contributed by atoms with Crippen LogP contribution in [0.25, 0.3) is 0 Å². The summed E-state index contributed by atoms with van der Waals surface area (Å²) in [6.07, 6.45) is 8.12. The highest BCUT2D eigenvalue weighted by Crippen LogP contribution is 2.20. The number of nitrogens with zero attached hydrogens (tertiary/aromatic N) is 3. The molecule has 0 spiro atoms. The van der Waals surface area contributed by atoms with Crippen LogP contribution in [0.5, 0.6) is 0 Å². The first kappa shape index (κ1) is 23.9. The van der Waals surface area contributed by atoms with Gasteiger partial charge in [0.15, 0.2) is 5.96 Å². The van der Waals surface area contributed by atoms with Gasteiger partial charge in [-0.25, -0.2) is 0 Å². The molecular weight excluding hydrogens is 441 g/mol. The van der Waals surface area contributed by atoms with Crippen LogP contribution in [0, 0.1) is 0 Å². The lowest BCUT2D eigenvalue weighted by Gasteiger charge is -2.34. The van der Waals surface area contributed by atoms with Crippen molar-refractivity contribution in [2.24, 2.45) is 4.99 Å². The monoisotopic (exact) mass is 481 g/mol. The topological polar surface area (TPSA) is 52.1 Å². The molecule has 2 fully saturated rings. The number of guanidine groups is 1. The van der Waals surface area contributed by atoms with Crippen LogP contribution >= 0.6 is 24.0 Å². The van der Waals surface area contributed by atoms with Gasteiger partial charge in [0.2, 0.25) is 0 Å². The van der Waals surface area contributed by atoms with E-state index in [1.807, 2.05) is 7.05 Å². The second kappa shape index (κ2) is 14.9. The molecule has 1 saturated carbocycles. The molecule has 0 aromatic carbocycles. The predicted molar refractivity (Wildman–Crippen MR) is 121 cm³/mol. The number of piperazine rings is 1. The summed E-state index contributed by atoms with van der Waals surface area (Å²) in [5.41, 5.74) is 0. The number of halogens is 1. The molecule has 6 nitrogen and oxygen atoms in total. The van der Waals surface area contributed by atoms with Crippen molar-refractivity contribution in [3.05, 3.63) is 0 Å². The molecule has 26 heavy (non-hydrogen) atoms. The van der Waals surface area contributed by atoms with Crippen molar-refractivity contribution in [3.8, 4) is 0 Å². The van der Waals surface area contributed by atoms with E-state index in [9.17, 15) is 0 Å². The van der Waals surface area contributed by atoms with Crippen molar-refractivity contribution >= 4 is 29.9 Å². The molecule has 1 heterocycles. The first-order chi connectivity index (χ1) is 12.3. The van der Waals surface area contributed by atoms with Crippen LogP contribution in [-0.2, 0) is 4.74 Å². The Bertz CT molecular complexity index is 369. The Balaban J connectivity index is 0.00000338. The molecule has 0 aromatic heterocycles. The van der Waals surface area contributed by atoms with Crippen molar-refractivity contribution in [3.63, 3.8) is 0 Å². The van der Waals surface area contributed by atoms with Crippen LogP contribution in [0.1, 0.15) is 45.4 Å². The SMILES string of the molecule is CCN1CCN(CCNC(=NC)NCCCOC2CCCCC2)CC1.I. The van der Waals surface area contributed by atoms with Gasteiger partial charge in [0.25, 0.3) is 0 Å². The van der Waals surface area contributed by atoms with E-state index in [4.69, 9.17) is 4.74 Å². The molecule has 0 aromatic rings. The minimum atomic E-state index is 0. The molecule has 1 aliphatic carbocycles. The van der Waals surface area contributed by atoms with Crippen LogP contribution in [0.4, 0.5) is 0 Å². The summed E-state index contributed by atoms with van der Waals surface area (Å²) in [6, 6.07) is 0. The van der Waals surface area contributed by atoms with E-state index < -0.39 is 0 Å². The number of rotatable bonds is 9. The highest BCUT2D eigenvalue weighted by molar-refractivity contribution is 14.0. The van der Waals surface area contributed by atoms with E-state index in [1.165, 1.54) is 64.8 Å². The lowest BCUT2D eigenvalue weighted by molar-refractivity contribution is 0.0277. The second-order valence-corrected chi connectivity index (χ2v) is 7.19. The average molecular weight is 481 g/mol. The zero-order chi connectivity index (χ0) is 17.7. The maximum Gasteiger partial charge on any atom is 0.191 e. The van der Waals surface area contributed by atoms with Crippen molar-refractivity contribution in [2.45, 2.75) is 51.6 Å². The van der Waals surface area contributed by atoms with Gasteiger partial charge in [0, 0.05) is 59.5 Å². The minimum absolute atomic E-state index is 0. The third-order valence-corrected chi connectivity index (χ3v) is 5.38. The zero-order valence-electron chi connectivity index (χ0n) is 16.8. The Kier molecular flexibility index (Phi) is 13.7. The Morgan fingerprint density at radius 2 is 1.65 bits per heavy atom. The van der Waals surface area contributed by atoms with Gasteiger partial charge in [-0.05, 0) is 25.8 Å². The smallest absolute Gasteiger partial charge is 0.191 e. The molecule has 0 amide bonds. The first-order valence-corrected chi connectivity index (χ1v) is 10.3. The van der Waals surface area contributed by atoms with Gasteiger partial charge < -0.3 is 20.3 Å². The van der Waals surface area contributed by atoms with E-state index in [-0.39, 0.29) is 24.0 Å². The van der Waals surface area contributed by atoms with Crippen molar-refractivity contribution in [2.75, 3.05) is 66.0 Å². The molecular formula is C19H40IN5O. The number of hydrogen-bond acceptors (Lipinski definition) is 4. The fraction of sp³-hybridized carbons (Fsp3) is 0.947. The standard InChI is InChI=1S/C19H39N5O.HI/c1-3-23-13-15-24(16-14-23)12-11-22-19(20-2)21-10-7-17-25-18-8-5-4-6-9-18;/h18H,3-17H2,1-2H3,(H2,20,21,22);1H. The fourth-order valence-electron chi connectivity index (χ4n) is 3.64. The lowest BCUT2D eigenvalue weighted by atomic mass is 9.98. The number of ether oxygens (including phenoxy) is 1. The molecule has 1 aliphatic heterocycles. The molecule has 0 radical (unpaired) electrons. The first-order valence-electron chi connectivity index (χ1n) is 10.3. The van der Waals surface area contributed by atoms with Gasteiger partial charge >= 0.3 is 0 Å². The summed E-state index contributed by atoms with van der Waals surface area (Å²) in [5, 5.41) is 6.82. The van der Waals surface area contributed by atoms with Gasteiger partial charge in [0.05, 0.1) is 6.10 Å². The lowest BCUT2D eigenvalue weighted by Crippen LogP contribution is -2.49. The molecule has 2 rings (SSSR count). The normalized spacial score (nSPS) is 20.6. The maximum atomic E-state index is 5.97. The maximum absolute atomic E-state index is 5.97. The Morgan fingerprint density at radius 1 is 1.00 bits per heavy atom. The molecule has 2 N–H and O–H groups in total. The fourth-order valence-corrected chi connectivity index (χ4v) is 3.64. The summed E-state index contributed by atoms with van der Waals surface area (Å²) in [4.78, 5) is 9.36. The van der Waals surface area contributed by atoms with Gasteiger partial charge in [-0.3, -0.25) is 9.89 Å². The van der Waals surface area contributed by atoms with Crippen LogP contribution in [0.15, 0.2) is 4.99 Å². The molecule has 7 heteroatoms. The van der Waals surface area contributed by atoms with Crippen molar-refractivity contribution < 1.29 is 4.74 Å². The molecule has 2 aliphatic rings. The van der Waals surface area contributed by atoms with Gasteiger partial charge in [0.1, 0.15) is 0 Å². The van der Waals surface area contributed by atoms with Crippen LogP contribution < -0.4 is 10.6 Å². The minimum Gasteiger partial charge on any atom is -0.378 e. The molecule has 0 unspecified atom stereocenters. The van der Waals surface area contributed by atoms with E-state index in [0.29, 0.717) is 6.10 Å². The average Bonchev–Trinajstić information content (AvgIpc) is 2.67. The van der Waals surface area contributed by atoms with Crippen LogP contribution in [-0.4, -0.2) is 87.9 Å². The Morgan fingerprint density at radius 3 is 2.31 bits per heavy atom. The molecule has 154 valence electrons. The molecule has 0 bridgehead atoms.